The topological polar surface area (TPSA) is 67.2 Å². The number of nitrogens with zero attached hydrogens (tertiary/aromatic N) is 3. The van der Waals surface area contributed by atoms with E-state index in [4.69, 9.17) is 0 Å². The second-order valence-electron chi connectivity index (χ2n) is 5.50. The molecule has 6 nitrogen and oxygen atoms in total. The molecule has 2 rings (SSSR count). The third-order valence-electron chi connectivity index (χ3n) is 3.49. The highest BCUT2D eigenvalue weighted by molar-refractivity contribution is 5.94. The van der Waals surface area contributed by atoms with Crippen LogP contribution < -0.4 is 5.32 Å². The number of nitrogens with one attached hydrogen (secondary N) is 1. The number of rotatable bonds is 7. The van der Waals surface area contributed by atoms with Crippen molar-refractivity contribution in [3.8, 4) is 0 Å². The summed E-state index contributed by atoms with van der Waals surface area (Å²) < 4.78 is 1.72. The first-order valence-corrected chi connectivity index (χ1v) is 7.61. The van der Waals surface area contributed by atoms with Crippen LogP contribution in [0, 0.1) is 0 Å². The fourth-order valence-corrected chi connectivity index (χ4v) is 2.24. The van der Waals surface area contributed by atoms with E-state index in [1.54, 1.807) is 35.0 Å². The van der Waals surface area contributed by atoms with Crippen LogP contribution in [0.3, 0.4) is 0 Å². The lowest BCUT2D eigenvalue weighted by Gasteiger charge is -2.16. The molecule has 0 aliphatic heterocycles. The minimum Gasteiger partial charge on any atom is -0.352 e. The van der Waals surface area contributed by atoms with E-state index in [1.165, 1.54) is 0 Å². The van der Waals surface area contributed by atoms with Crippen LogP contribution in [0.1, 0.15) is 28.8 Å². The molecule has 0 fully saturated rings. The monoisotopic (exact) mass is 314 g/mol. The average Bonchev–Trinajstić information content (AvgIpc) is 2.96. The van der Waals surface area contributed by atoms with Gasteiger partial charge in [-0.05, 0) is 18.6 Å². The number of hydrogen-bond acceptors (Lipinski definition) is 3. The van der Waals surface area contributed by atoms with Crippen LogP contribution in [0.2, 0.25) is 0 Å². The summed E-state index contributed by atoms with van der Waals surface area (Å²) in [6, 6.07) is 9.05. The summed E-state index contributed by atoms with van der Waals surface area (Å²) in [4.78, 5) is 25.6. The fraction of sp³-hybridized carbons (Fsp3) is 0.353. The highest BCUT2D eigenvalue weighted by atomic mass is 16.2. The molecule has 0 saturated heterocycles. The van der Waals surface area contributed by atoms with E-state index in [-0.39, 0.29) is 11.8 Å². The Balaban J connectivity index is 1.67. The van der Waals surface area contributed by atoms with Crippen molar-refractivity contribution >= 4 is 11.8 Å². The Morgan fingerprint density at radius 1 is 1.26 bits per heavy atom. The number of carbonyl (C=O) groups excluding carboxylic acids is 2. The first-order valence-electron chi connectivity index (χ1n) is 7.61. The van der Waals surface area contributed by atoms with Gasteiger partial charge in [0.2, 0.25) is 5.91 Å². The maximum atomic E-state index is 12.1. The molecule has 0 aliphatic rings. The van der Waals surface area contributed by atoms with Crippen molar-refractivity contribution in [2.45, 2.75) is 19.4 Å². The lowest BCUT2D eigenvalue weighted by Crippen LogP contribution is -2.28. The molecular weight excluding hydrogens is 292 g/mol. The van der Waals surface area contributed by atoms with Crippen LogP contribution in [0.15, 0.2) is 42.7 Å². The zero-order valence-electron chi connectivity index (χ0n) is 13.5. The summed E-state index contributed by atoms with van der Waals surface area (Å²) in [7, 11) is 3.62. The van der Waals surface area contributed by atoms with Crippen LogP contribution in [-0.4, -0.2) is 40.1 Å². The van der Waals surface area contributed by atoms with Crippen molar-refractivity contribution in [1.29, 1.82) is 0 Å². The van der Waals surface area contributed by atoms with Crippen LogP contribution in [0.25, 0.3) is 0 Å². The molecule has 0 spiro atoms. The Kier molecular flexibility index (Phi) is 5.91. The van der Waals surface area contributed by atoms with Crippen molar-refractivity contribution in [3.05, 3.63) is 53.9 Å². The molecule has 0 aliphatic carbocycles. The van der Waals surface area contributed by atoms with E-state index in [1.807, 2.05) is 31.4 Å². The Bertz CT molecular complexity index is 652. The lowest BCUT2D eigenvalue weighted by atomic mass is 10.2. The quantitative estimate of drug-likeness (QED) is 0.789. The molecule has 1 N–H and O–H groups in total. The molecule has 1 heterocycles. The van der Waals surface area contributed by atoms with Gasteiger partial charge in [0.15, 0.2) is 0 Å². The van der Waals surface area contributed by atoms with Gasteiger partial charge in [-0.15, -0.1) is 0 Å². The van der Waals surface area contributed by atoms with Crippen LogP contribution in [0.4, 0.5) is 0 Å². The lowest BCUT2D eigenvalue weighted by molar-refractivity contribution is -0.130. The first-order chi connectivity index (χ1) is 11.1. The maximum Gasteiger partial charge on any atom is 0.251 e. The number of benzene rings is 1. The summed E-state index contributed by atoms with van der Waals surface area (Å²) in [6.45, 7) is 1.03. The Morgan fingerprint density at radius 2 is 2.00 bits per heavy atom. The number of hydrogen-bond donors (Lipinski definition) is 1. The van der Waals surface area contributed by atoms with Gasteiger partial charge in [-0.2, -0.15) is 5.10 Å². The predicted octanol–water partition coefficient (Wildman–Crippen LogP) is 1.59. The van der Waals surface area contributed by atoms with Gasteiger partial charge in [-0.1, -0.05) is 18.2 Å². The molecule has 122 valence electrons. The number of aryl methyl sites for hydroxylation is 1. The largest absolute Gasteiger partial charge is 0.352 e. The standard InChI is InChI=1S/C17H22N4O2/c1-20(12-14-11-19-21(2)13-14)16(22)9-6-10-18-17(23)15-7-4-3-5-8-15/h3-5,7-8,11,13H,6,9-10,12H2,1-2H3,(H,18,23). The highest BCUT2D eigenvalue weighted by Gasteiger charge is 2.10. The summed E-state index contributed by atoms with van der Waals surface area (Å²) in [6.07, 6.45) is 4.67. The van der Waals surface area contributed by atoms with Crippen molar-refractivity contribution in [2.24, 2.45) is 7.05 Å². The molecule has 0 bridgehead atoms. The van der Waals surface area contributed by atoms with Crippen LogP contribution in [0.5, 0.6) is 0 Å². The average molecular weight is 314 g/mol. The second-order valence-corrected chi connectivity index (χ2v) is 5.50. The van der Waals surface area contributed by atoms with Crippen molar-refractivity contribution in [1.82, 2.24) is 20.0 Å². The molecule has 0 radical (unpaired) electrons. The summed E-state index contributed by atoms with van der Waals surface area (Å²) in [5.41, 5.74) is 1.63. The maximum absolute atomic E-state index is 12.1. The van der Waals surface area contributed by atoms with Gasteiger partial charge >= 0.3 is 0 Å². The third-order valence-corrected chi connectivity index (χ3v) is 3.49. The Morgan fingerprint density at radius 3 is 2.65 bits per heavy atom. The van der Waals surface area contributed by atoms with Gasteiger partial charge in [-0.25, -0.2) is 0 Å². The van der Waals surface area contributed by atoms with E-state index < -0.39 is 0 Å². The molecule has 0 atom stereocenters. The minimum atomic E-state index is -0.109. The zero-order valence-corrected chi connectivity index (χ0v) is 13.5. The van der Waals surface area contributed by atoms with Crippen LogP contribution >= 0.6 is 0 Å². The highest BCUT2D eigenvalue weighted by Crippen LogP contribution is 2.04. The summed E-state index contributed by atoms with van der Waals surface area (Å²) in [5, 5.41) is 6.91. The van der Waals surface area contributed by atoms with Gasteiger partial charge in [0.05, 0.1) is 6.20 Å². The minimum absolute atomic E-state index is 0.0582. The normalized spacial score (nSPS) is 10.3. The van der Waals surface area contributed by atoms with Gasteiger partial charge in [-0.3, -0.25) is 14.3 Å². The van der Waals surface area contributed by atoms with E-state index in [2.05, 4.69) is 10.4 Å². The van der Waals surface area contributed by atoms with Gasteiger partial charge in [0.25, 0.3) is 5.91 Å². The molecular formula is C17H22N4O2. The SMILES string of the molecule is CN(Cc1cnn(C)c1)C(=O)CCCNC(=O)c1ccccc1. The molecule has 2 amide bonds. The van der Waals surface area contributed by atoms with E-state index >= 15 is 0 Å². The molecule has 0 unspecified atom stereocenters. The number of amides is 2. The molecule has 1 aromatic carbocycles. The molecule has 6 heteroatoms. The predicted molar refractivity (Wildman–Crippen MR) is 87.7 cm³/mol. The smallest absolute Gasteiger partial charge is 0.251 e. The van der Waals surface area contributed by atoms with E-state index in [0.29, 0.717) is 31.5 Å². The van der Waals surface area contributed by atoms with Crippen molar-refractivity contribution < 1.29 is 9.59 Å². The zero-order chi connectivity index (χ0) is 16.7. The first kappa shape index (κ1) is 16.7. The third kappa shape index (κ3) is 5.25. The summed E-state index contributed by atoms with van der Waals surface area (Å²) >= 11 is 0. The molecule has 1 aromatic heterocycles. The Labute approximate surface area is 136 Å². The van der Waals surface area contributed by atoms with Crippen molar-refractivity contribution in [3.63, 3.8) is 0 Å². The van der Waals surface area contributed by atoms with E-state index in [9.17, 15) is 9.59 Å². The molecule has 0 saturated carbocycles. The fourth-order valence-electron chi connectivity index (χ4n) is 2.24. The molecule has 2 aromatic rings. The Hall–Kier alpha value is -2.63. The second kappa shape index (κ2) is 8.12. The van der Waals surface area contributed by atoms with E-state index in [0.717, 1.165) is 5.56 Å². The number of carbonyl (C=O) groups is 2. The molecule has 23 heavy (non-hydrogen) atoms. The van der Waals surface area contributed by atoms with Gasteiger partial charge in [0, 0.05) is 50.9 Å². The van der Waals surface area contributed by atoms with Crippen LogP contribution in [-0.2, 0) is 18.4 Å². The number of aromatic nitrogens is 2. The van der Waals surface area contributed by atoms with Gasteiger partial charge < -0.3 is 10.2 Å². The van der Waals surface area contributed by atoms with Gasteiger partial charge in [0.1, 0.15) is 0 Å². The summed E-state index contributed by atoms with van der Waals surface area (Å²) in [5.74, 6) is -0.0513. The van der Waals surface area contributed by atoms with Crippen molar-refractivity contribution in [2.75, 3.05) is 13.6 Å².